The van der Waals surface area contributed by atoms with Crippen LogP contribution in [0.4, 0.5) is 10.5 Å². The van der Waals surface area contributed by atoms with Crippen LogP contribution in [-0.4, -0.2) is 53.3 Å². The zero-order valence-corrected chi connectivity index (χ0v) is 19.6. The number of benzene rings is 2. The molecule has 2 fully saturated rings. The summed E-state index contributed by atoms with van der Waals surface area (Å²) in [5.41, 5.74) is 5.15. The summed E-state index contributed by atoms with van der Waals surface area (Å²) in [6.45, 7) is 8.78. The van der Waals surface area contributed by atoms with Crippen molar-refractivity contribution in [3.05, 3.63) is 65.2 Å². The summed E-state index contributed by atoms with van der Waals surface area (Å²) in [6.07, 6.45) is 3.45. The smallest absolute Gasteiger partial charge is 0.290 e. The molecular weight excluding hydrogens is 432 g/mol. The number of nitrogens with one attached hydrogen (secondary N) is 1. The Hall–Kier alpha value is -3.16. The molecule has 0 aliphatic carbocycles. The molecule has 0 radical (unpaired) electrons. The van der Waals surface area contributed by atoms with Gasteiger partial charge in [0.1, 0.15) is 0 Å². The van der Waals surface area contributed by atoms with Gasteiger partial charge in [0.2, 0.25) is 0 Å². The lowest BCUT2D eigenvalue weighted by Gasteiger charge is -2.38. The first kappa shape index (κ1) is 21.7. The maximum absolute atomic E-state index is 11.9. The highest BCUT2D eigenvalue weighted by Crippen LogP contribution is 2.32. The van der Waals surface area contributed by atoms with E-state index in [-0.39, 0.29) is 11.1 Å². The molecule has 33 heavy (non-hydrogen) atoms. The number of hydrogen-bond acceptors (Lipinski definition) is 6. The van der Waals surface area contributed by atoms with Crippen molar-refractivity contribution in [1.82, 2.24) is 15.2 Å². The Morgan fingerprint density at radius 3 is 2.45 bits per heavy atom. The summed E-state index contributed by atoms with van der Waals surface area (Å²) in [4.78, 5) is 33.3. The van der Waals surface area contributed by atoms with Gasteiger partial charge in [0.25, 0.3) is 11.1 Å². The molecule has 5 rings (SSSR count). The minimum Gasteiger partial charge on any atom is -0.369 e. The highest BCUT2D eigenvalue weighted by atomic mass is 32.2. The molecule has 2 aromatic carbocycles. The van der Waals surface area contributed by atoms with Crippen molar-refractivity contribution in [3.8, 4) is 11.1 Å². The van der Waals surface area contributed by atoms with Crippen LogP contribution in [0.2, 0.25) is 0 Å². The van der Waals surface area contributed by atoms with Crippen molar-refractivity contribution in [3.63, 3.8) is 0 Å². The van der Waals surface area contributed by atoms with Crippen LogP contribution in [0, 0.1) is 0 Å². The van der Waals surface area contributed by atoms with E-state index in [1.807, 2.05) is 18.2 Å². The van der Waals surface area contributed by atoms with Crippen LogP contribution in [-0.2, 0) is 4.79 Å². The van der Waals surface area contributed by atoms with Crippen LogP contribution in [0.5, 0.6) is 0 Å². The number of piperazine rings is 1. The van der Waals surface area contributed by atoms with Gasteiger partial charge in [0.05, 0.1) is 10.4 Å². The van der Waals surface area contributed by atoms with Gasteiger partial charge in [-0.15, -0.1) is 0 Å². The number of anilines is 1. The van der Waals surface area contributed by atoms with Gasteiger partial charge >= 0.3 is 0 Å². The monoisotopic (exact) mass is 458 g/mol. The topological polar surface area (TPSA) is 65.5 Å². The van der Waals surface area contributed by atoms with Gasteiger partial charge in [0, 0.05) is 49.5 Å². The summed E-state index contributed by atoms with van der Waals surface area (Å²) in [6, 6.07) is 17.5. The molecule has 2 amide bonds. The molecule has 0 spiro atoms. The number of pyridine rings is 1. The Morgan fingerprint density at radius 2 is 1.79 bits per heavy atom. The fourth-order valence-corrected chi connectivity index (χ4v) is 5.10. The van der Waals surface area contributed by atoms with Crippen LogP contribution in [0.1, 0.15) is 19.4 Å². The maximum Gasteiger partial charge on any atom is 0.290 e. The Kier molecular flexibility index (Phi) is 5.91. The van der Waals surface area contributed by atoms with E-state index in [0.29, 0.717) is 10.9 Å². The summed E-state index contributed by atoms with van der Waals surface area (Å²) in [5.74, 6) is -0.358. The Balaban J connectivity index is 1.42. The SMILES string of the molecule is CC(C)N1CCN(c2ccc(-c3cccc4ncc(C=C5SC(=O)NC5=O)cc34)cc2)CC1. The highest BCUT2D eigenvalue weighted by molar-refractivity contribution is 8.18. The second kappa shape index (κ2) is 9.00. The quantitative estimate of drug-likeness (QED) is 0.569. The summed E-state index contributed by atoms with van der Waals surface area (Å²) in [5, 5.41) is 2.96. The minimum atomic E-state index is -0.358. The molecular formula is C26H26N4O2S. The largest absolute Gasteiger partial charge is 0.369 e. The lowest BCUT2D eigenvalue weighted by Crippen LogP contribution is -2.48. The number of carbonyl (C=O) groups excluding carboxylic acids is 2. The third-order valence-corrected chi connectivity index (χ3v) is 7.09. The van der Waals surface area contributed by atoms with Gasteiger partial charge in [-0.05, 0) is 72.6 Å². The number of hydrogen-bond donors (Lipinski definition) is 1. The lowest BCUT2D eigenvalue weighted by atomic mass is 9.99. The van der Waals surface area contributed by atoms with Crippen molar-refractivity contribution in [2.24, 2.45) is 0 Å². The van der Waals surface area contributed by atoms with E-state index in [4.69, 9.17) is 0 Å². The van der Waals surface area contributed by atoms with E-state index in [9.17, 15) is 9.59 Å². The Labute approximate surface area is 197 Å². The fraction of sp³-hybridized carbons (Fsp3) is 0.269. The average molecular weight is 459 g/mol. The Morgan fingerprint density at radius 1 is 1.03 bits per heavy atom. The van der Waals surface area contributed by atoms with E-state index >= 15 is 0 Å². The second-order valence-corrected chi connectivity index (χ2v) is 9.67. The number of aromatic nitrogens is 1. The molecule has 1 aromatic heterocycles. The van der Waals surface area contributed by atoms with Crippen molar-refractivity contribution >= 4 is 45.6 Å². The van der Waals surface area contributed by atoms with Gasteiger partial charge in [-0.25, -0.2) is 0 Å². The van der Waals surface area contributed by atoms with Gasteiger partial charge in [-0.2, -0.15) is 0 Å². The molecule has 0 unspecified atom stereocenters. The number of fused-ring (bicyclic) bond motifs is 1. The minimum absolute atomic E-state index is 0.341. The number of rotatable bonds is 4. The van der Waals surface area contributed by atoms with Crippen LogP contribution >= 0.6 is 11.8 Å². The van der Waals surface area contributed by atoms with Crippen LogP contribution in [0.25, 0.3) is 28.1 Å². The van der Waals surface area contributed by atoms with E-state index in [0.717, 1.165) is 65.5 Å². The van der Waals surface area contributed by atoms with E-state index < -0.39 is 0 Å². The summed E-state index contributed by atoms with van der Waals surface area (Å²) >= 11 is 0.917. The summed E-state index contributed by atoms with van der Waals surface area (Å²) < 4.78 is 0. The van der Waals surface area contributed by atoms with Crippen molar-refractivity contribution < 1.29 is 9.59 Å². The standard InChI is InChI=1S/C26H26N4O2S/c1-17(2)29-10-12-30(13-11-29)20-8-6-19(7-9-20)21-4-3-5-23-22(21)14-18(16-27-23)15-24-25(31)28-26(32)33-24/h3-9,14-17H,10-13H2,1-2H3,(H,28,31,32). The first-order chi connectivity index (χ1) is 16.0. The molecule has 0 saturated carbocycles. The van der Waals surface area contributed by atoms with Crippen molar-refractivity contribution in [2.45, 2.75) is 19.9 Å². The van der Waals surface area contributed by atoms with Crippen LogP contribution in [0.15, 0.2) is 59.6 Å². The average Bonchev–Trinajstić information content (AvgIpc) is 3.15. The molecule has 3 aromatic rings. The predicted molar refractivity (Wildman–Crippen MR) is 135 cm³/mol. The van der Waals surface area contributed by atoms with E-state index in [1.54, 1.807) is 12.3 Å². The van der Waals surface area contributed by atoms with Crippen molar-refractivity contribution in [2.75, 3.05) is 31.1 Å². The highest BCUT2D eigenvalue weighted by Gasteiger charge is 2.25. The molecule has 2 aliphatic heterocycles. The fourth-order valence-electron chi connectivity index (χ4n) is 4.42. The second-order valence-electron chi connectivity index (χ2n) is 8.66. The third kappa shape index (κ3) is 4.51. The zero-order valence-electron chi connectivity index (χ0n) is 18.7. The third-order valence-electron chi connectivity index (χ3n) is 6.27. The zero-order chi connectivity index (χ0) is 22.9. The molecule has 0 atom stereocenters. The molecule has 0 bridgehead atoms. The number of imide groups is 1. The first-order valence-electron chi connectivity index (χ1n) is 11.2. The number of thioether (sulfide) groups is 1. The summed E-state index contributed by atoms with van der Waals surface area (Å²) in [7, 11) is 0. The van der Waals surface area contributed by atoms with Gasteiger partial charge in [-0.1, -0.05) is 24.3 Å². The van der Waals surface area contributed by atoms with E-state index in [1.165, 1.54) is 5.69 Å². The number of amides is 2. The first-order valence-corrected chi connectivity index (χ1v) is 12.0. The molecule has 6 nitrogen and oxygen atoms in total. The number of carbonyl (C=O) groups is 2. The van der Waals surface area contributed by atoms with E-state index in [2.05, 4.69) is 64.3 Å². The van der Waals surface area contributed by atoms with Gasteiger partial charge in [0.15, 0.2) is 0 Å². The molecule has 168 valence electrons. The van der Waals surface area contributed by atoms with Gasteiger partial charge in [-0.3, -0.25) is 24.8 Å². The molecule has 2 aliphatic rings. The number of nitrogens with zero attached hydrogens (tertiary/aromatic N) is 3. The maximum atomic E-state index is 11.9. The molecule has 1 N–H and O–H groups in total. The molecule has 2 saturated heterocycles. The van der Waals surface area contributed by atoms with Gasteiger partial charge < -0.3 is 4.90 Å². The Bertz CT molecular complexity index is 1240. The lowest BCUT2D eigenvalue weighted by molar-refractivity contribution is -0.115. The molecule has 3 heterocycles. The molecule has 7 heteroatoms. The van der Waals surface area contributed by atoms with Crippen LogP contribution < -0.4 is 10.2 Å². The predicted octanol–water partition coefficient (Wildman–Crippen LogP) is 4.76. The van der Waals surface area contributed by atoms with Crippen molar-refractivity contribution in [1.29, 1.82) is 0 Å². The normalized spacial score (nSPS) is 18.5. The van der Waals surface area contributed by atoms with Crippen LogP contribution in [0.3, 0.4) is 0 Å².